The Morgan fingerprint density at radius 3 is 2.59 bits per heavy atom. The molecule has 3 N–H and O–H groups in total. The van der Waals surface area contributed by atoms with Gasteiger partial charge in [0.1, 0.15) is 23.9 Å². The highest BCUT2D eigenvalue weighted by atomic mass is 32.1. The standard InChI is InChI=1S/C29H27F3N6O5S/c1-15-11-17(19-5-3-4-6-22(19)33-15)14-42-18-7-8-21(24(12-18)43-27(41)29(30,31)32)26(40)34-23-13-38(16(2)39)10-9-20(23)25-35-28(44)37-36-25/h3-8,11-12,20,23H,9-10,13-14H2,1-2H3,(H,34,40)(H2,35,36,37,44)/t20-,23+/m0/s1. The van der Waals surface area contributed by atoms with E-state index < -0.39 is 35.8 Å². The van der Waals surface area contributed by atoms with Crippen LogP contribution in [0.3, 0.4) is 0 Å². The summed E-state index contributed by atoms with van der Waals surface area (Å²) in [6.45, 7) is 3.75. The summed E-state index contributed by atoms with van der Waals surface area (Å²) in [7, 11) is 0. The molecule has 1 fully saturated rings. The van der Waals surface area contributed by atoms with Gasteiger partial charge in [-0.1, -0.05) is 18.2 Å². The molecule has 230 valence electrons. The first-order valence-corrected chi connectivity index (χ1v) is 13.9. The number of ether oxygens (including phenoxy) is 2. The number of rotatable bonds is 7. The highest BCUT2D eigenvalue weighted by Gasteiger charge is 2.42. The van der Waals surface area contributed by atoms with E-state index in [9.17, 15) is 27.6 Å². The van der Waals surface area contributed by atoms with E-state index in [4.69, 9.17) is 17.0 Å². The average molecular weight is 629 g/mol. The minimum absolute atomic E-state index is 0.0255. The fourth-order valence-corrected chi connectivity index (χ4v) is 5.26. The van der Waals surface area contributed by atoms with Crippen LogP contribution in [0.4, 0.5) is 13.2 Å². The third-order valence-corrected chi connectivity index (χ3v) is 7.39. The van der Waals surface area contributed by atoms with E-state index in [1.807, 2.05) is 37.3 Å². The zero-order chi connectivity index (χ0) is 31.6. The Morgan fingerprint density at radius 1 is 1.11 bits per heavy atom. The molecule has 2 amide bonds. The van der Waals surface area contributed by atoms with Gasteiger partial charge in [0.25, 0.3) is 5.91 Å². The number of aromatic nitrogens is 4. The number of amides is 2. The first-order chi connectivity index (χ1) is 20.9. The van der Waals surface area contributed by atoms with Gasteiger partial charge in [-0.15, -0.1) is 0 Å². The third-order valence-electron chi connectivity index (χ3n) is 7.20. The number of nitrogens with one attached hydrogen (secondary N) is 3. The summed E-state index contributed by atoms with van der Waals surface area (Å²) in [4.78, 5) is 47.7. The number of esters is 1. The lowest BCUT2D eigenvalue weighted by atomic mass is 9.90. The van der Waals surface area contributed by atoms with Crippen molar-refractivity contribution in [3.8, 4) is 11.5 Å². The molecule has 2 atom stereocenters. The molecular weight excluding hydrogens is 601 g/mol. The lowest BCUT2D eigenvalue weighted by Gasteiger charge is -2.37. The van der Waals surface area contributed by atoms with Crippen molar-refractivity contribution in [1.82, 2.24) is 30.4 Å². The molecule has 2 aromatic heterocycles. The second-order valence-corrected chi connectivity index (χ2v) is 10.7. The summed E-state index contributed by atoms with van der Waals surface area (Å²) in [5.74, 6) is -4.06. The molecule has 0 radical (unpaired) electrons. The number of alkyl halides is 3. The van der Waals surface area contributed by atoms with Crippen LogP contribution in [0.1, 0.15) is 46.7 Å². The predicted octanol–water partition coefficient (Wildman–Crippen LogP) is 4.51. The van der Waals surface area contributed by atoms with Crippen molar-refractivity contribution in [2.45, 2.75) is 45.0 Å². The average Bonchev–Trinajstić information content (AvgIpc) is 3.41. The first kappa shape index (κ1) is 30.7. The van der Waals surface area contributed by atoms with Crippen LogP contribution in [0.5, 0.6) is 11.5 Å². The summed E-state index contributed by atoms with van der Waals surface area (Å²) in [6.07, 6.45) is -4.89. The van der Waals surface area contributed by atoms with Crippen LogP contribution in [0.2, 0.25) is 0 Å². The van der Waals surface area contributed by atoms with Crippen molar-refractivity contribution in [2.75, 3.05) is 13.1 Å². The van der Waals surface area contributed by atoms with E-state index in [1.54, 1.807) is 0 Å². The van der Waals surface area contributed by atoms with Crippen LogP contribution in [0, 0.1) is 11.7 Å². The molecule has 3 heterocycles. The number of hydrogen-bond donors (Lipinski definition) is 3. The zero-order valence-corrected chi connectivity index (χ0v) is 24.3. The second-order valence-electron chi connectivity index (χ2n) is 10.3. The third kappa shape index (κ3) is 6.88. The van der Waals surface area contributed by atoms with Crippen LogP contribution < -0.4 is 14.8 Å². The van der Waals surface area contributed by atoms with Gasteiger partial charge in [-0.25, -0.2) is 9.78 Å². The summed E-state index contributed by atoms with van der Waals surface area (Å²) < 4.78 is 50.3. The highest BCUT2D eigenvalue weighted by Crippen LogP contribution is 2.31. The van der Waals surface area contributed by atoms with E-state index in [1.165, 1.54) is 24.0 Å². The summed E-state index contributed by atoms with van der Waals surface area (Å²) in [6, 6.07) is 12.2. The smallest absolute Gasteiger partial charge is 0.489 e. The van der Waals surface area contributed by atoms with Crippen LogP contribution in [0.15, 0.2) is 48.5 Å². The minimum Gasteiger partial charge on any atom is -0.489 e. The van der Waals surface area contributed by atoms with Crippen LogP contribution in [-0.4, -0.2) is 68.2 Å². The number of likely N-dealkylation sites (tertiary alicyclic amines) is 1. The number of aryl methyl sites for hydroxylation is 1. The molecule has 0 aliphatic carbocycles. The van der Waals surface area contributed by atoms with Gasteiger partial charge in [-0.2, -0.15) is 13.2 Å². The summed E-state index contributed by atoms with van der Waals surface area (Å²) >= 11 is 5.05. The van der Waals surface area contributed by atoms with Gasteiger partial charge in [-0.3, -0.25) is 24.8 Å². The number of carbonyl (C=O) groups excluding carboxylic acids is 3. The lowest BCUT2D eigenvalue weighted by Crippen LogP contribution is -2.53. The summed E-state index contributed by atoms with van der Waals surface area (Å²) in [5.41, 5.74) is 1.93. The van der Waals surface area contributed by atoms with Gasteiger partial charge >= 0.3 is 12.1 Å². The fraction of sp³-hybridized carbons (Fsp3) is 0.310. The van der Waals surface area contributed by atoms with Gasteiger partial charge in [0.05, 0.1) is 17.1 Å². The number of piperidine rings is 1. The molecule has 44 heavy (non-hydrogen) atoms. The molecule has 15 heteroatoms. The van der Waals surface area contributed by atoms with Gasteiger partial charge in [0.15, 0.2) is 0 Å². The molecule has 4 aromatic rings. The molecule has 2 aromatic carbocycles. The predicted molar refractivity (Wildman–Crippen MR) is 154 cm³/mol. The first-order valence-electron chi connectivity index (χ1n) is 13.5. The maximum absolute atomic E-state index is 13.5. The SMILES string of the molecule is CC(=O)N1CC[C@H](c2nc(=S)[nH][nH]2)[C@H](NC(=O)c2ccc(OCc3cc(C)nc4ccccc34)cc2OC(=O)C(F)(F)F)C1. The van der Waals surface area contributed by atoms with Crippen LogP contribution in [0.25, 0.3) is 10.9 Å². The van der Waals surface area contributed by atoms with Gasteiger partial charge in [-0.05, 0) is 49.8 Å². The number of nitrogens with zero attached hydrogens (tertiary/aromatic N) is 3. The van der Waals surface area contributed by atoms with E-state index in [0.717, 1.165) is 28.2 Å². The molecule has 1 saturated heterocycles. The molecule has 1 aliphatic rings. The number of H-pyrrole nitrogens is 2. The van der Waals surface area contributed by atoms with Crippen molar-refractivity contribution in [3.63, 3.8) is 0 Å². The number of hydrogen-bond acceptors (Lipinski definition) is 8. The van der Waals surface area contributed by atoms with Gasteiger partial charge < -0.3 is 19.7 Å². The fourth-order valence-electron chi connectivity index (χ4n) is 5.11. The van der Waals surface area contributed by atoms with Crippen LogP contribution in [-0.2, 0) is 16.2 Å². The topological polar surface area (TPSA) is 142 Å². The normalized spacial score (nSPS) is 16.9. The van der Waals surface area contributed by atoms with E-state index >= 15 is 0 Å². The number of para-hydroxylation sites is 1. The van der Waals surface area contributed by atoms with E-state index in [2.05, 4.69) is 30.2 Å². The number of fused-ring (bicyclic) bond motifs is 1. The minimum atomic E-state index is -5.31. The maximum atomic E-state index is 13.5. The van der Waals surface area contributed by atoms with Gasteiger partial charge in [0.2, 0.25) is 10.7 Å². The number of halogens is 3. The van der Waals surface area contributed by atoms with Gasteiger partial charge in [0, 0.05) is 48.6 Å². The quantitative estimate of drug-likeness (QED) is 0.154. The molecule has 0 unspecified atom stereocenters. The highest BCUT2D eigenvalue weighted by molar-refractivity contribution is 7.71. The van der Waals surface area contributed by atoms with Crippen LogP contribution >= 0.6 is 12.2 Å². The Balaban J connectivity index is 1.42. The molecular formula is C29H27F3N6O5S. The van der Waals surface area contributed by atoms with Crippen molar-refractivity contribution in [3.05, 3.63) is 75.9 Å². The monoisotopic (exact) mass is 628 g/mol. The Morgan fingerprint density at radius 2 is 1.89 bits per heavy atom. The van der Waals surface area contributed by atoms with E-state index in [0.29, 0.717) is 18.8 Å². The number of benzene rings is 2. The Kier molecular flexibility index (Phi) is 8.67. The van der Waals surface area contributed by atoms with Crippen molar-refractivity contribution >= 4 is 40.9 Å². The van der Waals surface area contributed by atoms with Crippen molar-refractivity contribution < 1.29 is 37.0 Å². The molecule has 5 rings (SSSR count). The Labute approximate surface area is 253 Å². The second kappa shape index (κ2) is 12.4. The van der Waals surface area contributed by atoms with Crippen molar-refractivity contribution in [1.29, 1.82) is 0 Å². The Bertz CT molecular complexity index is 1790. The summed E-state index contributed by atoms with van der Waals surface area (Å²) in [5, 5.41) is 9.16. The molecule has 11 nitrogen and oxygen atoms in total. The number of aromatic amines is 2. The molecule has 1 aliphatic heterocycles. The molecule has 0 spiro atoms. The largest absolute Gasteiger partial charge is 0.491 e. The molecule has 0 bridgehead atoms. The lowest BCUT2D eigenvalue weighted by molar-refractivity contribution is -0.189. The van der Waals surface area contributed by atoms with Crippen molar-refractivity contribution in [2.24, 2.45) is 0 Å². The molecule has 0 saturated carbocycles. The zero-order valence-electron chi connectivity index (χ0n) is 23.5. The Hall–Kier alpha value is -4.79. The number of carbonyl (C=O) groups is 3. The maximum Gasteiger partial charge on any atom is 0.491 e. The van der Waals surface area contributed by atoms with E-state index in [-0.39, 0.29) is 35.1 Å². The number of pyridine rings is 1.